The average molecular weight is 334 g/mol. The molecule has 0 radical (unpaired) electrons. The van der Waals surface area contributed by atoms with Crippen molar-refractivity contribution in [1.82, 2.24) is 5.01 Å². The molecule has 0 unspecified atom stereocenters. The number of likely N-dealkylation sites (N-methyl/N-ethyl adjacent to an activating group) is 1. The normalized spacial score (nSPS) is 15.9. The maximum atomic E-state index is 12.7. The van der Waals surface area contributed by atoms with Crippen LogP contribution in [0, 0.1) is 4.91 Å². The summed E-state index contributed by atoms with van der Waals surface area (Å²) in [5.41, 5.74) is 0.547. The number of nitroso groups, excluding NO2 is 1. The molecule has 1 aliphatic carbocycles. The van der Waals surface area contributed by atoms with Crippen LogP contribution in [0.4, 0.5) is 0 Å². The van der Waals surface area contributed by atoms with Gasteiger partial charge in [0.15, 0.2) is 0 Å². The zero-order valence-corrected chi connectivity index (χ0v) is 14.3. The molecule has 6 heteroatoms. The molecule has 0 aliphatic heterocycles. The second kappa shape index (κ2) is 9.37. The summed E-state index contributed by atoms with van der Waals surface area (Å²) in [5, 5.41) is 4.25. The van der Waals surface area contributed by atoms with Gasteiger partial charge in [-0.25, -0.2) is 0 Å². The highest BCUT2D eigenvalue weighted by atomic mass is 16.6. The summed E-state index contributed by atoms with van der Waals surface area (Å²) >= 11 is 0. The van der Waals surface area contributed by atoms with Crippen molar-refractivity contribution in [3.63, 3.8) is 0 Å². The molecule has 0 heterocycles. The molecule has 1 aliphatic rings. The van der Waals surface area contributed by atoms with E-state index in [4.69, 9.17) is 9.47 Å². The monoisotopic (exact) mass is 334 g/mol. The summed E-state index contributed by atoms with van der Waals surface area (Å²) in [6.45, 7) is 3.80. The quantitative estimate of drug-likeness (QED) is 0.285. The zero-order chi connectivity index (χ0) is 17.3. The molecule has 0 aromatic heterocycles. The molecule has 132 valence electrons. The van der Waals surface area contributed by atoms with Crippen LogP contribution in [0.25, 0.3) is 0 Å². The van der Waals surface area contributed by atoms with Gasteiger partial charge in [0.1, 0.15) is 6.61 Å². The molecule has 1 fully saturated rings. The van der Waals surface area contributed by atoms with Crippen molar-refractivity contribution in [2.45, 2.75) is 38.0 Å². The predicted molar refractivity (Wildman–Crippen MR) is 91.4 cm³/mol. The Kier molecular flexibility index (Phi) is 7.18. The van der Waals surface area contributed by atoms with E-state index < -0.39 is 5.41 Å². The van der Waals surface area contributed by atoms with Gasteiger partial charge >= 0.3 is 5.97 Å². The number of ether oxygens (including phenoxy) is 2. The Balaban J connectivity index is 1.77. The van der Waals surface area contributed by atoms with Gasteiger partial charge in [0.05, 0.1) is 30.5 Å². The third-order valence-electron chi connectivity index (χ3n) is 4.61. The molecule has 24 heavy (non-hydrogen) atoms. The fraction of sp³-hybridized carbons (Fsp3) is 0.611. The summed E-state index contributed by atoms with van der Waals surface area (Å²) in [4.78, 5) is 23.1. The minimum atomic E-state index is -0.498. The molecule has 0 bridgehead atoms. The Hall–Kier alpha value is -1.95. The Morgan fingerprint density at radius 1 is 1.17 bits per heavy atom. The van der Waals surface area contributed by atoms with Gasteiger partial charge in [-0.3, -0.25) is 9.80 Å². The minimum absolute atomic E-state index is 0.153. The molecule has 0 N–H and O–H groups in total. The van der Waals surface area contributed by atoms with Gasteiger partial charge < -0.3 is 9.47 Å². The maximum Gasteiger partial charge on any atom is 0.316 e. The molecule has 0 atom stereocenters. The number of benzene rings is 1. The van der Waals surface area contributed by atoms with E-state index in [9.17, 15) is 9.70 Å². The van der Waals surface area contributed by atoms with Crippen molar-refractivity contribution < 1.29 is 14.3 Å². The van der Waals surface area contributed by atoms with E-state index in [0.29, 0.717) is 26.3 Å². The van der Waals surface area contributed by atoms with Gasteiger partial charge in [-0.2, -0.15) is 0 Å². The summed E-state index contributed by atoms with van der Waals surface area (Å²) in [5.74, 6) is -0.153. The smallest absolute Gasteiger partial charge is 0.316 e. The maximum absolute atomic E-state index is 12.7. The number of hydrogen-bond donors (Lipinski definition) is 0. The fourth-order valence-electron chi connectivity index (χ4n) is 3.21. The number of carbonyl (C=O) groups excluding carboxylic acids is 1. The lowest BCUT2D eigenvalue weighted by Gasteiger charge is -2.27. The van der Waals surface area contributed by atoms with E-state index in [-0.39, 0.29) is 12.6 Å². The summed E-state index contributed by atoms with van der Waals surface area (Å²) < 4.78 is 10.9. The average Bonchev–Trinajstić information content (AvgIpc) is 3.13. The first-order chi connectivity index (χ1) is 11.7. The van der Waals surface area contributed by atoms with Crippen LogP contribution in [0.15, 0.2) is 35.6 Å². The van der Waals surface area contributed by atoms with Gasteiger partial charge in [-0.1, -0.05) is 43.2 Å². The highest BCUT2D eigenvalue weighted by molar-refractivity contribution is 5.83. The van der Waals surface area contributed by atoms with Gasteiger partial charge in [-0.05, 0) is 25.3 Å². The van der Waals surface area contributed by atoms with E-state index in [0.717, 1.165) is 31.2 Å². The Bertz CT molecular complexity index is 515. The summed E-state index contributed by atoms with van der Waals surface area (Å²) in [7, 11) is 0. The topological polar surface area (TPSA) is 68.2 Å². The van der Waals surface area contributed by atoms with Crippen LogP contribution >= 0.6 is 0 Å². The molecule has 1 aromatic carbocycles. The molecule has 0 spiro atoms. The highest BCUT2D eigenvalue weighted by Crippen LogP contribution is 2.42. The Morgan fingerprint density at radius 2 is 1.88 bits per heavy atom. The van der Waals surface area contributed by atoms with Crippen molar-refractivity contribution in [2.75, 3.05) is 32.9 Å². The highest BCUT2D eigenvalue weighted by Gasteiger charge is 2.43. The zero-order valence-electron chi connectivity index (χ0n) is 14.3. The molecular formula is C18H26N2O4. The van der Waals surface area contributed by atoms with Crippen molar-refractivity contribution >= 4 is 5.97 Å². The second-order valence-electron chi connectivity index (χ2n) is 6.03. The lowest BCUT2D eigenvalue weighted by atomic mass is 9.79. The van der Waals surface area contributed by atoms with Crippen molar-refractivity contribution in [1.29, 1.82) is 0 Å². The number of carbonyl (C=O) groups is 1. The predicted octanol–water partition coefficient (Wildman–Crippen LogP) is 3.06. The minimum Gasteiger partial charge on any atom is -0.463 e. The van der Waals surface area contributed by atoms with Gasteiger partial charge in [0.2, 0.25) is 0 Å². The van der Waals surface area contributed by atoms with Crippen molar-refractivity contribution in [3.05, 3.63) is 40.8 Å². The number of rotatable bonds is 10. The SMILES string of the molecule is CCN(CCOCCOC(=O)C1(c2ccccc2)CCCC1)N=O. The largest absolute Gasteiger partial charge is 0.463 e. The molecule has 2 rings (SSSR count). The molecule has 0 amide bonds. The van der Waals surface area contributed by atoms with Crippen molar-refractivity contribution in [2.24, 2.45) is 5.29 Å². The second-order valence-corrected chi connectivity index (χ2v) is 6.03. The Labute approximate surface area is 143 Å². The van der Waals surface area contributed by atoms with Gasteiger partial charge in [-0.15, -0.1) is 4.91 Å². The lowest BCUT2D eigenvalue weighted by molar-refractivity contribution is -0.152. The van der Waals surface area contributed by atoms with E-state index >= 15 is 0 Å². The Morgan fingerprint density at radius 3 is 2.50 bits per heavy atom. The first kappa shape index (κ1) is 18.4. The number of hydrogen-bond acceptors (Lipinski definition) is 5. The van der Waals surface area contributed by atoms with Gasteiger partial charge in [0, 0.05) is 6.54 Å². The van der Waals surface area contributed by atoms with E-state index in [1.807, 2.05) is 37.3 Å². The van der Waals surface area contributed by atoms with Crippen LogP contribution < -0.4 is 0 Å². The molecule has 1 saturated carbocycles. The first-order valence-electron chi connectivity index (χ1n) is 8.61. The standard InChI is InChI=1S/C18H26N2O4/c1-2-20(19-22)12-13-23-14-15-24-17(21)18(10-6-7-11-18)16-8-4-3-5-9-16/h3-5,8-9H,2,6-7,10-15H2,1H3. The van der Waals surface area contributed by atoms with E-state index in [2.05, 4.69) is 5.29 Å². The van der Waals surface area contributed by atoms with Crippen LogP contribution in [0.1, 0.15) is 38.2 Å². The third kappa shape index (κ3) is 4.54. The molecule has 1 aromatic rings. The third-order valence-corrected chi connectivity index (χ3v) is 4.61. The molecular weight excluding hydrogens is 308 g/mol. The van der Waals surface area contributed by atoms with Crippen LogP contribution in [-0.2, 0) is 19.7 Å². The summed E-state index contributed by atoms with van der Waals surface area (Å²) in [6, 6.07) is 9.90. The van der Waals surface area contributed by atoms with E-state index in [1.165, 1.54) is 5.01 Å². The molecule has 0 saturated heterocycles. The van der Waals surface area contributed by atoms with Gasteiger partial charge in [0.25, 0.3) is 0 Å². The number of esters is 1. The van der Waals surface area contributed by atoms with E-state index in [1.54, 1.807) is 0 Å². The van der Waals surface area contributed by atoms with Crippen molar-refractivity contribution in [3.8, 4) is 0 Å². The van der Waals surface area contributed by atoms with Crippen LogP contribution in [0.2, 0.25) is 0 Å². The lowest BCUT2D eigenvalue weighted by Crippen LogP contribution is -2.35. The fourth-order valence-corrected chi connectivity index (χ4v) is 3.21. The first-order valence-corrected chi connectivity index (χ1v) is 8.61. The van der Waals surface area contributed by atoms with Crippen LogP contribution in [0.5, 0.6) is 0 Å². The summed E-state index contributed by atoms with van der Waals surface area (Å²) in [6.07, 6.45) is 3.78. The van der Waals surface area contributed by atoms with Crippen LogP contribution in [0.3, 0.4) is 0 Å². The number of nitrogens with zero attached hydrogens (tertiary/aromatic N) is 2. The van der Waals surface area contributed by atoms with Crippen LogP contribution in [-0.4, -0.2) is 43.9 Å². The molecule has 6 nitrogen and oxygen atoms in total.